The molecular formula is C22H30F3NO3. The Kier molecular flexibility index (Phi) is 10.7. The molecule has 0 saturated carbocycles. The summed E-state index contributed by atoms with van der Waals surface area (Å²) in [4.78, 5) is 0. The summed E-state index contributed by atoms with van der Waals surface area (Å²) < 4.78 is 42.8. The number of nitrogens with two attached hydrogens (primary N) is 1. The largest absolute Gasteiger partial charge is 0.501 e. The second kappa shape index (κ2) is 12.5. The standard InChI is InChI=1S/C22H30F3NO3/c1-18-5-2-6-20(15-18)8-4-14-29-13-3-7-19(10-12-22(23,24)25)9-11-21(26,16-27)17-28/h2-3,5-7,10,12-13,15,27-28H,4,8-9,11,14,16-17,26H2,1H3/b12-10+,13-3+,19-7-. The van der Waals surface area contributed by atoms with E-state index in [0.29, 0.717) is 12.2 Å². The van der Waals surface area contributed by atoms with Crippen LogP contribution in [0.2, 0.25) is 0 Å². The van der Waals surface area contributed by atoms with E-state index in [1.165, 1.54) is 29.5 Å². The van der Waals surface area contributed by atoms with Crippen LogP contribution in [0.15, 0.2) is 60.4 Å². The van der Waals surface area contributed by atoms with E-state index in [2.05, 4.69) is 12.1 Å². The maximum atomic E-state index is 12.5. The summed E-state index contributed by atoms with van der Waals surface area (Å²) in [5.41, 5.74) is 7.34. The molecule has 4 nitrogen and oxygen atoms in total. The van der Waals surface area contributed by atoms with Gasteiger partial charge in [-0.05, 0) is 49.8 Å². The van der Waals surface area contributed by atoms with Crippen LogP contribution in [0.25, 0.3) is 0 Å². The lowest BCUT2D eigenvalue weighted by atomic mass is 9.93. The summed E-state index contributed by atoms with van der Waals surface area (Å²) >= 11 is 0. The Hall–Kier alpha value is -2.09. The molecule has 0 aliphatic rings. The Bertz CT molecular complexity index is 693. The Morgan fingerprint density at radius 1 is 1.21 bits per heavy atom. The fourth-order valence-electron chi connectivity index (χ4n) is 2.54. The van der Waals surface area contributed by atoms with Crippen molar-refractivity contribution in [1.29, 1.82) is 0 Å². The maximum Gasteiger partial charge on any atom is 0.409 e. The summed E-state index contributed by atoms with van der Waals surface area (Å²) in [6.45, 7) is 1.61. The molecule has 0 amide bonds. The highest BCUT2D eigenvalue weighted by atomic mass is 19.4. The SMILES string of the molecule is Cc1cccc(CCCO/C=C/C=C(\C=C\C(F)(F)F)CCC(N)(CO)CO)c1. The van der Waals surface area contributed by atoms with Crippen LogP contribution in [0.3, 0.4) is 0 Å². The Morgan fingerprint density at radius 2 is 1.93 bits per heavy atom. The summed E-state index contributed by atoms with van der Waals surface area (Å²) in [5, 5.41) is 18.4. The average Bonchev–Trinajstić information content (AvgIpc) is 2.67. The number of aliphatic hydroxyl groups is 2. The zero-order chi connectivity index (χ0) is 21.8. The van der Waals surface area contributed by atoms with Crippen LogP contribution in [-0.4, -0.2) is 41.7 Å². The minimum atomic E-state index is -4.43. The first-order chi connectivity index (χ1) is 13.7. The van der Waals surface area contributed by atoms with Gasteiger partial charge in [0.25, 0.3) is 0 Å². The van der Waals surface area contributed by atoms with Crippen molar-refractivity contribution in [3.63, 3.8) is 0 Å². The van der Waals surface area contributed by atoms with Gasteiger partial charge in [0.1, 0.15) is 0 Å². The van der Waals surface area contributed by atoms with Crippen LogP contribution in [0.1, 0.15) is 30.4 Å². The van der Waals surface area contributed by atoms with Gasteiger partial charge in [-0.15, -0.1) is 0 Å². The van der Waals surface area contributed by atoms with Crippen molar-refractivity contribution in [3.8, 4) is 0 Å². The van der Waals surface area contributed by atoms with Crippen LogP contribution in [0.5, 0.6) is 0 Å². The molecule has 0 aliphatic heterocycles. The number of aryl methyl sites for hydroxylation is 2. The van der Waals surface area contributed by atoms with E-state index >= 15 is 0 Å². The Balaban J connectivity index is 2.54. The molecule has 0 saturated heterocycles. The molecule has 0 radical (unpaired) electrons. The molecule has 29 heavy (non-hydrogen) atoms. The second-order valence-electron chi connectivity index (χ2n) is 7.09. The lowest BCUT2D eigenvalue weighted by molar-refractivity contribution is -0.0798. The molecule has 1 rings (SSSR count). The lowest BCUT2D eigenvalue weighted by Gasteiger charge is -2.24. The first kappa shape index (κ1) is 24.9. The Morgan fingerprint density at radius 3 is 2.55 bits per heavy atom. The van der Waals surface area contributed by atoms with Gasteiger partial charge in [-0.1, -0.05) is 42.0 Å². The van der Waals surface area contributed by atoms with Crippen molar-refractivity contribution in [2.75, 3.05) is 19.8 Å². The maximum absolute atomic E-state index is 12.5. The van der Waals surface area contributed by atoms with E-state index in [1.54, 1.807) is 0 Å². The van der Waals surface area contributed by atoms with Crippen molar-refractivity contribution in [2.24, 2.45) is 5.73 Å². The molecule has 0 spiro atoms. The first-order valence-electron chi connectivity index (χ1n) is 9.47. The highest BCUT2D eigenvalue weighted by molar-refractivity contribution is 5.25. The summed E-state index contributed by atoms with van der Waals surface area (Å²) in [6.07, 6.45) is 3.14. The summed E-state index contributed by atoms with van der Waals surface area (Å²) in [5.74, 6) is 0. The van der Waals surface area contributed by atoms with E-state index < -0.39 is 24.9 Å². The van der Waals surface area contributed by atoms with Gasteiger partial charge in [0.05, 0.1) is 31.6 Å². The average molecular weight is 413 g/mol. The number of hydrogen-bond acceptors (Lipinski definition) is 4. The molecule has 0 bridgehead atoms. The van der Waals surface area contributed by atoms with E-state index in [-0.39, 0.29) is 18.9 Å². The van der Waals surface area contributed by atoms with E-state index in [9.17, 15) is 23.4 Å². The number of allylic oxidation sites excluding steroid dienone is 5. The van der Waals surface area contributed by atoms with Gasteiger partial charge in [-0.2, -0.15) is 13.2 Å². The van der Waals surface area contributed by atoms with Gasteiger partial charge in [-0.25, -0.2) is 0 Å². The predicted octanol–water partition coefficient (Wildman–Crippen LogP) is 3.97. The van der Waals surface area contributed by atoms with Crippen molar-refractivity contribution >= 4 is 0 Å². The minimum Gasteiger partial charge on any atom is -0.501 e. The number of alkyl halides is 3. The molecular weight excluding hydrogens is 383 g/mol. The third-order valence-electron chi connectivity index (χ3n) is 4.32. The number of rotatable bonds is 12. The summed E-state index contributed by atoms with van der Waals surface area (Å²) in [7, 11) is 0. The first-order valence-corrected chi connectivity index (χ1v) is 9.47. The topological polar surface area (TPSA) is 75.7 Å². The van der Waals surface area contributed by atoms with Gasteiger partial charge in [0.15, 0.2) is 0 Å². The van der Waals surface area contributed by atoms with E-state index in [1.807, 2.05) is 19.1 Å². The number of halogens is 3. The van der Waals surface area contributed by atoms with Crippen LogP contribution < -0.4 is 5.73 Å². The second-order valence-corrected chi connectivity index (χ2v) is 7.09. The number of aliphatic hydroxyl groups excluding tert-OH is 2. The molecule has 1 aromatic rings. The predicted molar refractivity (Wildman–Crippen MR) is 108 cm³/mol. The van der Waals surface area contributed by atoms with Crippen molar-refractivity contribution in [1.82, 2.24) is 0 Å². The monoisotopic (exact) mass is 413 g/mol. The zero-order valence-electron chi connectivity index (χ0n) is 16.7. The normalized spacial score (nSPS) is 13.6. The number of ether oxygens (including phenoxy) is 1. The third-order valence-corrected chi connectivity index (χ3v) is 4.32. The molecule has 7 heteroatoms. The molecule has 0 unspecified atom stereocenters. The van der Waals surface area contributed by atoms with Gasteiger partial charge in [0, 0.05) is 6.08 Å². The van der Waals surface area contributed by atoms with Gasteiger partial charge in [0.2, 0.25) is 0 Å². The van der Waals surface area contributed by atoms with Gasteiger partial charge in [-0.3, -0.25) is 0 Å². The number of benzene rings is 1. The fraction of sp³-hybridized carbons (Fsp3) is 0.455. The van der Waals surface area contributed by atoms with Gasteiger partial charge < -0.3 is 20.7 Å². The zero-order valence-corrected chi connectivity index (χ0v) is 16.7. The van der Waals surface area contributed by atoms with Crippen LogP contribution in [-0.2, 0) is 11.2 Å². The van der Waals surface area contributed by atoms with E-state index in [0.717, 1.165) is 18.9 Å². The van der Waals surface area contributed by atoms with E-state index in [4.69, 9.17) is 10.5 Å². The number of hydrogen-bond donors (Lipinski definition) is 3. The fourth-order valence-corrected chi connectivity index (χ4v) is 2.54. The van der Waals surface area contributed by atoms with Crippen molar-refractivity contribution in [2.45, 2.75) is 44.3 Å². The van der Waals surface area contributed by atoms with Crippen LogP contribution in [0, 0.1) is 6.92 Å². The molecule has 1 aromatic carbocycles. The minimum absolute atomic E-state index is 0.138. The van der Waals surface area contributed by atoms with Crippen LogP contribution >= 0.6 is 0 Å². The molecule has 0 aliphatic carbocycles. The molecule has 162 valence electrons. The quantitative estimate of drug-likeness (QED) is 0.275. The van der Waals surface area contributed by atoms with Crippen molar-refractivity contribution < 1.29 is 28.1 Å². The molecule has 0 heterocycles. The lowest BCUT2D eigenvalue weighted by Crippen LogP contribution is -2.47. The van der Waals surface area contributed by atoms with Crippen LogP contribution in [0.4, 0.5) is 13.2 Å². The highest BCUT2D eigenvalue weighted by Gasteiger charge is 2.24. The Labute approximate surface area is 170 Å². The molecule has 0 fully saturated rings. The molecule has 0 aromatic heterocycles. The van der Waals surface area contributed by atoms with Crippen molar-refractivity contribution in [3.05, 3.63) is 71.5 Å². The third kappa shape index (κ3) is 11.5. The molecule has 0 atom stereocenters. The summed E-state index contributed by atoms with van der Waals surface area (Å²) in [6, 6.07) is 8.22. The smallest absolute Gasteiger partial charge is 0.409 e. The highest BCUT2D eigenvalue weighted by Crippen LogP contribution is 2.20. The molecule has 4 N–H and O–H groups in total. The van der Waals surface area contributed by atoms with Gasteiger partial charge >= 0.3 is 6.18 Å².